The van der Waals surface area contributed by atoms with Crippen LogP contribution < -0.4 is 11.4 Å². The minimum Gasteiger partial charge on any atom is -0.246 e. The van der Waals surface area contributed by atoms with Gasteiger partial charge in [-0.1, -0.05) is 48.9 Å². The lowest BCUT2D eigenvalue weighted by atomic mass is 10.1. The van der Waals surface area contributed by atoms with Gasteiger partial charge in [0.2, 0.25) is 0 Å². The van der Waals surface area contributed by atoms with Crippen LogP contribution in [0.2, 0.25) is 10.0 Å². The van der Waals surface area contributed by atoms with Gasteiger partial charge in [-0.3, -0.25) is 0 Å². The van der Waals surface area contributed by atoms with Crippen molar-refractivity contribution >= 4 is 23.2 Å². The maximum absolute atomic E-state index is 12.7. The van der Waals surface area contributed by atoms with Crippen molar-refractivity contribution in [1.29, 1.82) is 0 Å². The molecule has 2 aromatic rings. The summed E-state index contributed by atoms with van der Waals surface area (Å²) in [6.45, 7) is 1.13. The third-order valence-corrected chi connectivity index (χ3v) is 4.65. The van der Waals surface area contributed by atoms with Crippen LogP contribution >= 0.6 is 23.2 Å². The Labute approximate surface area is 144 Å². The van der Waals surface area contributed by atoms with Crippen molar-refractivity contribution in [2.45, 2.75) is 51.6 Å². The first-order valence-corrected chi connectivity index (χ1v) is 8.72. The monoisotopic (exact) mass is 355 g/mol. The largest absolute Gasteiger partial charge is 0.351 e. The van der Waals surface area contributed by atoms with E-state index >= 15 is 0 Å². The van der Waals surface area contributed by atoms with Crippen molar-refractivity contribution in [2.24, 2.45) is 0 Å². The predicted octanol–water partition coefficient (Wildman–Crippen LogP) is 3.46. The van der Waals surface area contributed by atoms with Gasteiger partial charge >= 0.3 is 11.4 Å². The second kappa shape index (κ2) is 6.97. The second-order valence-electron chi connectivity index (χ2n) is 5.90. The Morgan fingerprint density at radius 3 is 1.61 bits per heavy atom. The summed E-state index contributed by atoms with van der Waals surface area (Å²) in [4.78, 5) is 25.5. The van der Waals surface area contributed by atoms with Gasteiger partial charge < -0.3 is 0 Å². The van der Waals surface area contributed by atoms with Crippen LogP contribution in [0.1, 0.15) is 38.5 Å². The minimum atomic E-state index is -0.325. The summed E-state index contributed by atoms with van der Waals surface area (Å²) < 4.78 is 4.28. The molecule has 1 aliphatic rings. The topological polar surface area (TPSA) is 48.9 Å². The van der Waals surface area contributed by atoms with Crippen LogP contribution in [0.15, 0.2) is 27.8 Å². The van der Waals surface area contributed by atoms with Gasteiger partial charge in [-0.25, -0.2) is 23.5 Å². The molecule has 1 aromatic carbocycles. The van der Waals surface area contributed by atoms with E-state index in [2.05, 4.69) is 0 Å². The molecule has 0 radical (unpaired) electrons. The van der Waals surface area contributed by atoms with Crippen molar-refractivity contribution in [3.05, 3.63) is 49.2 Å². The minimum absolute atomic E-state index is 0.325. The van der Waals surface area contributed by atoms with Crippen LogP contribution in [0.25, 0.3) is 5.69 Å². The lowest BCUT2D eigenvalue weighted by Gasteiger charge is -2.11. The summed E-state index contributed by atoms with van der Waals surface area (Å²) in [7, 11) is 0. The number of hydrogen-bond donors (Lipinski definition) is 0. The van der Waals surface area contributed by atoms with Crippen LogP contribution in [0, 0.1) is 0 Å². The van der Waals surface area contributed by atoms with E-state index in [-0.39, 0.29) is 11.4 Å². The summed E-state index contributed by atoms with van der Waals surface area (Å²) >= 11 is 12.0. The van der Waals surface area contributed by atoms with E-state index in [0.29, 0.717) is 28.8 Å². The highest BCUT2D eigenvalue weighted by molar-refractivity contribution is 6.34. The lowest BCUT2D eigenvalue weighted by Crippen LogP contribution is -2.27. The van der Waals surface area contributed by atoms with E-state index in [4.69, 9.17) is 23.2 Å². The third kappa shape index (κ3) is 3.40. The molecule has 0 N–H and O–H groups in total. The summed E-state index contributed by atoms with van der Waals surface area (Å²) in [5, 5.41) is 0.798. The van der Waals surface area contributed by atoms with Crippen LogP contribution in [0.5, 0.6) is 0 Å². The Morgan fingerprint density at radius 1 is 0.696 bits per heavy atom. The molecule has 0 fully saturated rings. The second-order valence-corrected chi connectivity index (χ2v) is 6.77. The third-order valence-electron chi connectivity index (χ3n) is 4.21. The molecule has 7 heteroatoms. The average molecular weight is 356 g/mol. The molecular formula is C16H19Cl2N3O2. The highest BCUT2D eigenvalue weighted by Crippen LogP contribution is 2.20. The molecule has 3 rings (SSSR count). The molecule has 0 unspecified atom stereocenters. The average Bonchev–Trinajstić information content (AvgIpc) is 2.73. The maximum atomic E-state index is 12.7. The zero-order valence-electron chi connectivity index (χ0n) is 12.8. The van der Waals surface area contributed by atoms with E-state index in [1.165, 1.54) is 12.8 Å². The van der Waals surface area contributed by atoms with Crippen LogP contribution in [-0.4, -0.2) is 13.9 Å². The molecule has 0 saturated carbocycles. The molecule has 0 amide bonds. The van der Waals surface area contributed by atoms with Gasteiger partial charge in [0.1, 0.15) is 0 Å². The molecule has 0 saturated heterocycles. The highest BCUT2D eigenvalue weighted by Gasteiger charge is 2.18. The molecule has 1 aliphatic heterocycles. The Bertz CT molecular complexity index is 758. The molecule has 0 bridgehead atoms. The molecule has 0 atom stereocenters. The molecule has 1 aromatic heterocycles. The fraction of sp³-hybridized carbons (Fsp3) is 0.500. The Morgan fingerprint density at radius 2 is 1.13 bits per heavy atom. The summed E-state index contributed by atoms with van der Waals surface area (Å²) in [6.07, 6.45) is 6.33. The molecule has 23 heavy (non-hydrogen) atoms. The Balaban J connectivity index is 2.13. The zero-order valence-corrected chi connectivity index (χ0v) is 14.3. The lowest BCUT2D eigenvalue weighted by molar-refractivity contribution is 0.383. The van der Waals surface area contributed by atoms with E-state index in [0.717, 1.165) is 30.3 Å². The first kappa shape index (κ1) is 16.4. The van der Waals surface area contributed by atoms with Gasteiger partial charge in [0.15, 0.2) is 0 Å². The quantitative estimate of drug-likeness (QED) is 0.786. The summed E-state index contributed by atoms with van der Waals surface area (Å²) in [5.41, 5.74) is -0.234. The van der Waals surface area contributed by atoms with Gasteiger partial charge in [0, 0.05) is 23.1 Å². The first-order valence-electron chi connectivity index (χ1n) is 7.97. The SMILES string of the molecule is O=c1n(-c2cc(Cl)cc(Cl)c2)c(=O)n2n1CCCCCCCC2. The Hall–Kier alpha value is -1.46. The Kier molecular flexibility index (Phi) is 4.97. The molecule has 0 spiro atoms. The number of rotatable bonds is 1. The number of fused-ring (bicyclic) bond motifs is 1. The number of benzene rings is 1. The number of hydrogen-bond acceptors (Lipinski definition) is 2. The smallest absolute Gasteiger partial charge is 0.246 e. The van der Waals surface area contributed by atoms with Crippen LogP contribution in [0.4, 0.5) is 0 Å². The molecule has 5 nitrogen and oxygen atoms in total. The summed E-state index contributed by atoms with van der Waals surface area (Å²) in [6, 6.07) is 4.75. The van der Waals surface area contributed by atoms with E-state index < -0.39 is 0 Å². The van der Waals surface area contributed by atoms with Crippen LogP contribution in [0.3, 0.4) is 0 Å². The predicted molar refractivity (Wildman–Crippen MR) is 92.0 cm³/mol. The molecular weight excluding hydrogens is 337 g/mol. The fourth-order valence-corrected chi connectivity index (χ4v) is 3.59. The van der Waals surface area contributed by atoms with Gasteiger partial charge in [-0.15, -0.1) is 0 Å². The highest BCUT2D eigenvalue weighted by atomic mass is 35.5. The standard InChI is InChI=1S/C16H19Cl2N3O2/c17-12-9-13(18)11-14(10-12)21-15(22)19-7-5-3-1-2-4-6-8-20(19)16(21)23/h9-11H,1-8H2. The van der Waals surface area contributed by atoms with Gasteiger partial charge in [-0.2, -0.15) is 0 Å². The number of aromatic nitrogens is 3. The van der Waals surface area contributed by atoms with E-state index in [1.807, 2.05) is 0 Å². The van der Waals surface area contributed by atoms with E-state index in [9.17, 15) is 9.59 Å². The van der Waals surface area contributed by atoms with E-state index in [1.54, 1.807) is 27.6 Å². The van der Waals surface area contributed by atoms with Crippen LogP contribution in [-0.2, 0) is 13.1 Å². The maximum Gasteiger partial charge on any atom is 0.351 e. The van der Waals surface area contributed by atoms with Crippen molar-refractivity contribution in [1.82, 2.24) is 13.9 Å². The van der Waals surface area contributed by atoms with Gasteiger partial charge in [0.25, 0.3) is 0 Å². The fourth-order valence-electron chi connectivity index (χ4n) is 3.07. The van der Waals surface area contributed by atoms with Crippen molar-refractivity contribution in [3.8, 4) is 5.69 Å². The van der Waals surface area contributed by atoms with Gasteiger partial charge in [-0.05, 0) is 31.0 Å². The molecule has 0 aliphatic carbocycles. The normalized spacial score (nSPS) is 16.1. The van der Waals surface area contributed by atoms with Crippen molar-refractivity contribution < 1.29 is 0 Å². The van der Waals surface area contributed by atoms with Crippen molar-refractivity contribution in [2.75, 3.05) is 0 Å². The zero-order chi connectivity index (χ0) is 16.4. The molecule has 2 heterocycles. The van der Waals surface area contributed by atoms with Crippen molar-refractivity contribution in [3.63, 3.8) is 0 Å². The number of halogens is 2. The molecule has 124 valence electrons. The van der Waals surface area contributed by atoms with Gasteiger partial charge in [0.05, 0.1) is 5.69 Å². The number of nitrogens with zero attached hydrogens (tertiary/aromatic N) is 3. The first-order chi connectivity index (χ1) is 11.1. The summed E-state index contributed by atoms with van der Waals surface area (Å²) in [5.74, 6) is 0.